The van der Waals surface area contributed by atoms with Crippen LogP contribution in [0.5, 0.6) is 0 Å². The fraction of sp³-hybridized carbons (Fsp3) is 0.625. The predicted molar refractivity (Wildman–Crippen MR) is 75.2 cm³/mol. The summed E-state index contributed by atoms with van der Waals surface area (Å²) < 4.78 is 13.1. The molecule has 1 saturated heterocycles. The molecule has 2 nitrogen and oxygen atoms in total. The van der Waals surface area contributed by atoms with Crippen LogP contribution in [0.15, 0.2) is 18.2 Å². The molecule has 2 N–H and O–H groups in total. The van der Waals surface area contributed by atoms with Crippen LogP contribution in [-0.4, -0.2) is 24.0 Å². The van der Waals surface area contributed by atoms with E-state index in [2.05, 4.69) is 4.90 Å². The molecular weight excluding hydrogens is 239 g/mol. The third kappa shape index (κ3) is 2.67. The number of likely N-dealkylation sites (tertiary alicyclic amines) is 1. The van der Waals surface area contributed by atoms with Gasteiger partial charge in [0.1, 0.15) is 5.82 Å². The number of rotatable bonds is 2. The Morgan fingerprint density at radius 2 is 2.16 bits per heavy atom. The third-order valence-corrected chi connectivity index (χ3v) is 4.93. The Morgan fingerprint density at radius 1 is 1.32 bits per heavy atom. The van der Waals surface area contributed by atoms with Gasteiger partial charge in [0.15, 0.2) is 0 Å². The molecule has 3 unspecified atom stereocenters. The van der Waals surface area contributed by atoms with Crippen molar-refractivity contribution in [1.82, 2.24) is 4.90 Å². The smallest absolute Gasteiger partial charge is 0.123 e. The number of benzene rings is 1. The first-order valence-electron chi connectivity index (χ1n) is 7.36. The number of aryl methyl sites for hydroxylation is 1. The number of hydrogen-bond donors (Lipinski definition) is 1. The van der Waals surface area contributed by atoms with Crippen LogP contribution in [0.3, 0.4) is 0 Å². The highest BCUT2D eigenvalue weighted by Crippen LogP contribution is 2.36. The topological polar surface area (TPSA) is 29.3 Å². The second-order valence-corrected chi connectivity index (χ2v) is 6.28. The second kappa shape index (κ2) is 5.22. The molecule has 1 aliphatic carbocycles. The standard InChI is InChI=1S/C16H23FN2/c1-11-7-14(17)6-5-12(11)8-19-9-13-3-2-4-16(18)15(13)10-19/h5-7,13,15-16H,2-4,8-10,18H2,1H3. The Bertz CT molecular complexity index is 460. The first-order valence-corrected chi connectivity index (χ1v) is 7.36. The van der Waals surface area contributed by atoms with Crippen LogP contribution < -0.4 is 5.73 Å². The van der Waals surface area contributed by atoms with Crippen LogP contribution in [0, 0.1) is 24.6 Å². The summed E-state index contributed by atoms with van der Waals surface area (Å²) in [5.41, 5.74) is 8.55. The van der Waals surface area contributed by atoms with E-state index in [-0.39, 0.29) is 5.82 Å². The number of halogens is 1. The summed E-state index contributed by atoms with van der Waals surface area (Å²) in [6.07, 6.45) is 3.80. The van der Waals surface area contributed by atoms with Gasteiger partial charge in [-0.05, 0) is 54.9 Å². The lowest BCUT2D eigenvalue weighted by Crippen LogP contribution is -2.38. The fourth-order valence-electron chi connectivity index (χ4n) is 3.82. The van der Waals surface area contributed by atoms with Crippen molar-refractivity contribution in [2.75, 3.05) is 13.1 Å². The highest BCUT2D eigenvalue weighted by molar-refractivity contribution is 5.26. The van der Waals surface area contributed by atoms with Crippen molar-refractivity contribution in [2.45, 2.75) is 38.8 Å². The SMILES string of the molecule is Cc1cc(F)ccc1CN1CC2CCCC(N)C2C1. The molecule has 0 bridgehead atoms. The van der Waals surface area contributed by atoms with E-state index in [9.17, 15) is 4.39 Å². The summed E-state index contributed by atoms with van der Waals surface area (Å²) in [6.45, 7) is 5.21. The highest BCUT2D eigenvalue weighted by Gasteiger charge is 2.38. The quantitative estimate of drug-likeness (QED) is 0.888. The van der Waals surface area contributed by atoms with Crippen LogP contribution in [-0.2, 0) is 6.54 Å². The number of fused-ring (bicyclic) bond motifs is 1. The van der Waals surface area contributed by atoms with Crippen LogP contribution in [0.2, 0.25) is 0 Å². The molecule has 3 heteroatoms. The zero-order valence-electron chi connectivity index (χ0n) is 11.6. The number of hydrogen-bond acceptors (Lipinski definition) is 2. The lowest BCUT2D eigenvalue weighted by Gasteiger charge is -2.29. The van der Waals surface area contributed by atoms with E-state index in [1.165, 1.54) is 24.8 Å². The lowest BCUT2D eigenvalue weighted by atomic mass is 9.78. The molecule has 3 atom stereocenters. The summed E-state index contributed by atoms with van der Waals surface area (Å²) in [6, 6.07) is 5.51. The van der Waals surface area contributed by atoms with Gasteiger partial charge in [-0.25, -0.2) is 4.39 Å². The van der Waals surface area contributed by atoms with Crippen molar-refractivity contribution < 1.29 is 4.39 Å². The predicted octanol–water partition coefficient (Wildman–Crippen LogP) is 2.69. The van der Waals surface area contributed by atoms with Gasteiger partial charge in [-0.3, -0.25) is 4.90 Å². The van der Waals surface area contributed by atoms with Crippen LogP contribution in [0.4, 0.5) is 4.39 Å². The van der Waals surface area contributed by atoms with Gasteiger partial charge < -0.3 is 5.73 Å². The minimum Gasteiger partial charge on any atom is -0.327 e. The lowest BCUT2D eigenvalue weighted by molar-refractivity contribution is 0.259. The molecule has 1 saturated carbocycles. The Hall–Kier alpha value is -0.930. The molecule has 1 aliphatic heterocycles. The van der Waals surface area contributed by atoms with Crippen LogP contribution in [0.1, 0.15) is 30.4 Å². The molecule has 0 aromatic heterocycles. The maximum atomic E-state index is 13.1. The maximum absolute atomic E-state index is 13.1. The first-order chi connectivity index (χ1) is 9.13. The van der Waals surface area contributed by atoms with E-state index in [1.807, 2.05) is 13.0 Å². The third-order valence-electron chi connectivity index (χ3n) is 4.93. The molecule has 1 aromatic rings. The van der Waals surface area contributed by atoms with Crippen molar-refractivity contribution in [1.29, 1.82) is 0 Å². The first kappa shape index (κ1) is 13.1. The Morgan fingerprint density at radius 3 is 2.89 bits per heavy atom. The molecule has 19 heavy (non-hydrogen) atoms. The van der Waals surface area contributed by atoms with Crippen molar-refractivity contribution in [3.63, 3.8) is 0 Å². The molecule has 3 rings (SSSR count). The second-order valence-electron chi connectivity index (χ2n) is 6.28. The van der Waals surface area contributed by atoms with Crippen molar-refractivity contribution in [3.05, 3.63) is 35.1 Å². The minimum atomic E-state index is -0.140. The summed E-state index contributed by atoms with van der Waals surface area (Å²) in [5.74, 6) is 1.32. The molecule has 2 aliphatic rings. The van der Waals surface area contributed by atoms with Gasteiger partial charge in [-0.1, -0.05) is 12.5 Å². The monoisotopic (exact) mass is 262 g/mol. The summed E-state index contributed by atoms with van der Waals surface area (Å²) in [5, 5.41) is 0. The van der Waals surface area contributed by atoms with Gasteiger partial charge in [-0.15, -0.1) is 0 Å². The average molecular weight is 262 g/mol. The van der Waals surface area contributed by atoms with Crippen molar-refractivity contribution in [3.8, 4) is 0 Å². The Balaban J connectivity index is 1.68. The van der Waals surface area contributed by atoms with Crippen LogP contribution >= 0.6 is 0 Å². The van der Waals surface area contributed by atoms with Crippen molar-refractivity contribution >= 4 is 0 Å². The molecule has 1 aromatic carbocycles. The summed E-state index contributed by atoms with van der Waals surface area (Å²) in [7, 11) is 0. The molecule has 0 amide bonds. The Kier molecular flexibility index (Phi) is 3.59. The van der Waals surface area contributed by atoms with Crippen molar-refractivity contribution in [2.24, 2.45) is 17.6 Å². The fourth-order valence-corrected chi connectivity index (χ4v) is 3.82. The van der Waals surface area contributed by atoms with Gasteiger partial charge in [0.05, 0.1) is 0 Å². The Labute approximate surface area is 114 Å². The molecule has 104 valence electrons. The molecule has 0 spiro atoms. The van der Waals surface area contributed by atoms with E-state index in [0.717, 1.165) is 31.1 Å². The molecule has 2 fully saturated rings. The molecule has 0 radical (unpaired) electrons. The van der Waals surface area contributed by atoms with Gasteiger partial charge in [0.25, 0.3) is 0 Å². The van der Waals surface area contributed by atoms with E-state index >= 15 is 0 Å². The van der Waals surface area contributed by atoms with E-state index < -0.39 is 0 Å². The van der Waals surface area contributed by atoms with Gasteiger partial charge in [0, 0.05) is 25.7 Å². The van der Waals surface area contributed by atoms with Gasteiger partial charge >= 0.3 is 0 Å². The van der Waals surface area contributed by atoms with E-state index in [1.54, 1.807) is 12.1 Å². The summed E-state index contributed by atoms with van der Waals surface area (Å²) in [4.78, 5) is 2.50. The van der Waals surface area contributed by atoms with E-state index in [4.69, 9.17) is 5.73 Å². The molecular formula is C16H23FN2. The average Bonchev–Trinajstić information content (AvgIpc) is 2.77. The van der Waals surface area contributed by atoms with Crippen LogP contribution in [0.25, 0.3) is 0 Å². The maximum Gasteiger partial charge on any atom is 0.123 e. The largest absolute Gasteiger partial charge is 0.327 e. The van der Waals surface area contributed by atoms with Gasteiger partial charge in [0.2, 0.25) is 0 Å². The summed E-state index contributed by atoms with van der Waals surface area (Å²) >= 11 is 0. The zero-order chi connectivity index (χ0) is 13.4. The minimum absolute atomic E-state index is 0.140. The number of nitrogens with zero attached hydrogens (tertiary/aromatic N) is 1. The normalized spacial score (nSPS) is 31.4. The number of nitrogens with two attached hydrogens (primary N) is 1. The zero-order valence-corrected chi connectivity index (χ0v) is 11.6. The van der Waals surface area contributed by atoms with Gasteiger partial charge in [-0.2, -0.15) is 0 Å². The van der Waals surface area contributed by atoms with E-state index in [0.29, 0.717) is 12.0 Å². The highest BCUT2D eigenvalue weighted by atomic mass is 19.1. The molecule has 1 heterocycles.